The summed E-state index contributed by atoms with van der Waals surface area (Å²) in [4.78, 5) is 29.1. The van der Waals surface area contributed by atoms with Gasteiger partial charge in [0.25, 0.3) is 5.91 Å². The fourth-order valence-electron chi connectivity index (χ4n) is 4.23. The van der Waals surface area contributed by atoms with Gasteiger partial charge in [0.2, 0.25) is 0 Å². The van der Waals surface area contributed by atoms with E-state index in [-0.39, 0.29) is 24.2 Å². The smallest absolute Gasteiger partial charge is 0.310 e. The van der Waals surface area contributed by atoms with E-state index in [9.17, 15) is 14.0 Å². The number of halogens is 1. The van der Waals surface area contributed by atoms with Gasteiger partial charge in [0.15, 0.2) is 5.82 Å². The van der Waals surface area contributed by atoms with Gasteiger partial charge in [-0.3, -0.25) is 14.6 Å². The van der Waals surface area contributed by atoms with Gasteiger partial charge in [-0.1, -0.05) is 36.4 Å². The van der Waals surface area contributed by atoms with Crippen LogP contribution in [0.15, 0.2) is 73.6 Å². The van der Waals surface area contributed by atoms with Gasteiger partial charge in [-0.15, -0.1) is 6.58 Å². The number of benzene rings is 2. The maximum atomic E-state index is 14.0. The molecule has 0 saturated heterocycles. The van der Waals surface area contributed by atoms with Gasteiger partial charge < -0.3 is 15.4 Å². The number of hydrogen-bond acceptors (Lipinski definition) is 5. The Labute approximate surface area is 210 Å². The topological polar surface area (TPSA) is 80.3 Å². The number of rotatable bonds is 11. The lowest BCUT2D eigenvalue weighted by Crippen LogP contribution is -2.14. The minimum Gasteiger partial charge on any atom is -0.462 e. The van der Waals surface area contributed by atoms with Gasteiger partial charge in [-0.05, 0) is 72.7 Å². The van der Waals surface area contributed by atoms with Crippen molar-refractivity contribution in [2.24, 2.45) is 5.92 Å². The zero-order chi connectivity index (χ0) is 25.5. The van der Waals surface area contributed by atoms with Crippen molar-refractivity contribution in [3.8, 4) is 11.1 Å². The third-order valence-electron chi connectivity index (χ3n) is 6.23. The van der Waals surface area contributed by atoms with Gasteiger partial charge in [0.1, 0.15) is 6.10 Å². The number of allylic oxidation sites excluding steroid dienone is 1. The first-order chi connectivity index (χ1) is 17.5. The number of carbonyl (C=O) groups excluding carboxylic acids is 2. The molecule has 1 amide bonds. The van der Waals surface area contributed by atoms with Crippen LogP contribution < -0.4 is 10.6 Å². The molecular weight excluding hydrogens is 457 g/mol. The number of anilines is 1. The van der Waals surface area contributed by atoms with Crippen LogP contribution in [0.5, 0.6) is 0 Å². The van der Waals surface area contributed by atoms with Crippen molar-refractivity contribution in [3.63, 3.8) is 0 Å². The van der Waals surface area contributed by atoms with E-state index >= 15 is 0 Å². The second kappa shape index (κ2) is 11.7. The monoisotopic (exact) mass is 487 g/mol. The minimum atomic E-state index is -0.601. The van der Waals surface area contributed by atoms with Crippen LogP contribution in [0, 0.1) is 11.7 Å². The van der Waals surface area contributed by atoms with E-state index < -0.39 is 11.7 Å². The molecule has 0 spiro atoms. The second-order valence-electron chi connectivity index (χ2n) is 8.98. The number of amides is 1. The normalized spacial score (nSPS) is 16.3. The summed E-state index contributed by atoms with van der Waals surface area (Å²) in [5.74, 6) is -0.818. The Hall–Kier alpha value is -3.84. The highest BCUT2D eigenvalue weighted by molar-refractivity contribution is 6.05. The van der Waals surface area contributed by atoms with Crippen LogP contribution in [0.1, 0.15) is 40.7 Å². The molecule has 0 radical (unpaired) electrons. The molecular formula is C29H30FN3O3. The molecule has 186 valence electrons. The van der Waals surface area contributed by atoms with E-state index in [1.165, 1.54) is 12.3 Å². The molecule has 1 aliphatic rings. The number of ether oxygens (including phenoxy) is 1. The fraction of sp³-hybridized carbons (Fsp3) is 0.276. The molecule has 2 unspecified atom stereocenters. The largest absolute Gasteiger partial charge is 0.462 e. The predicted octanol–water partition coefficient (Wildman–Crippen LogP) is 5.30. The Kier molecular flexibility index (Phi) is 8.23. The highest BCUT2D eigenvalue weighted by Crippen LogP contribution is 2.38. The summed E-state index contributed by atoms with van der Waals surface area (Å²) in [7, 11) is 1.85. The highest BCUT2D eigenvalue weighted by atomic mass is 19.1. The maximum absolute atomic E-state index is 14.0. The van der Waals surface area contributed by atoms with E-state index in [0.717, 1.165) is 47.7 Å². The van der Waals surface area contributed by atoms with Crippen molar-refractivity contribution in [2.75, 3.05) is 12.4 Å². The molecule has 1 fully saturated rings. The third kappa shape index (κ3) is 6.43. The van der Waals surface area contributed by atoms with E-state index in [1.54, 1.807) is 12.1 Å². The summed E-state index contributed by atoms with van der Waals surface area (Å²) in [5.41, 5.74) is 4.03. The van der Waals surface area contributed by atoms with Crippen molar-refractivity contribution < 1.29 is 18.7 Å². The van der Waals surface area contributed by atoms with Crippen LogP contribution in [0.25, 0.3) is 11.1 Å². The quantitative estimate of drug-likeness (QED) is 0.283. The van der Waals surface area contributed by atoms with Gasteiger partial charge in [-0.2, -0.15) is 0 Å². The number of nitrogens with zero attached hydrogens (tertiary/aromatic N) is 1. The molecule has 3 aromatic rings. The maximum Gasteiger partial charge on any atom is 0.310 e. The molecule has 4 rings (SSSR count). The number of pyridine rings is 1. The highest BCUT2D eigenvalue weighted by Gasteiger charge is 2.39. The second-order valence-corrected chi connectivity index (χ2v) is 8.98. The summed E-state index contributed by atoms with van der Waals surface area (Å²) in [6.45, 7) is 4.33. The minimum absolute atomic E-state index is 0.0169. The molecule has 6 nitrogen and oxygen atoms in total. The van der Waals surface area contributed by atoms with Crippen molar-refractivity contribution >= 4 is 17.6 Å². The summed E-state index contributed by atoms with van der Waals surface area (Å²) in [6.07, 6.45) is 7.42. The Morgan fingerprint density at radius 3 is 2.86 bits per heavy atom. The number of carbonyl (C=O) groups is 2. The van der Waals surface area contributed by atoms with Gasteiger partial charge in [0.05, 0.1) is 18.3 Å². The zero-order valence-electron chi connectivity index (χ0n) is 20.3. The molecule has 0 bridgehead atoms. The summed E-state index contributed by atoms with van der Waals surface area (Å²) in [5, 5.41) is 5.74. The summed E-state index contributed by atoms with van der Waals surface area (Å²) < 4.78 is 19.6. The van der Waals surface area contributed by atoms with Crippen LogP contribution in [-0.4, -0.2) is 30.0 Å². The molecule has 1 aliphatic carbocycles. The molecule has 2 N–H and O–H groups in total. The predicted molar refractivity (Wildman–Crippen MR) is 138 cm³/mol. The number of nitrogens with one attached hydrogen (secondary N) is 2. The van der Waals surface area contributed by atoms with Gasteiger partial charge >= 0.3 is 5.97 Å². The van der Waals surface area contributed by atoms with Crippen LogP contribution in [-0.2, 0) is 22.5 Å². The van der Waals surface area contributed by atoms with E-state index in [1.807, 2.05) is 43.5 Å². The van der Waals surface area contributed by atoms with E-state index in [4.69, 9.17) is 4.74 Å². The van der Waals surface area contributed by atoms with Crippen LogP contribution in [0.3, 0.4) is 0 Å². The van der Waals surface area contributed by atoms with Crippen molar-refractivity contribution in [1.29, 1.82) is 0 Å². The number of esters is 1. The standard InChI is InChI=1S/C29H30FN3O3/c1-3-4-7-21-16-27(21)36-28(34)14-19-6-5-8-20(13-19)24-15-22(9-10-23(24)17-31-2)29(35)33-26-11-12-32-18-25(26)30/h3,5-6,8-13,15,18,21,27,31H,1,4,7,14,16-17H2,2H3,(H,32,33,35). The lowest BCUT2D eigenvalue weighted by Gasteiger charge is -2.14. The molecule has 2 atom stereocenters. The van der Waals surface area contributed by atoms with Crippen molar-refractivity contribution in [1.82, 2.24) is 10.3 Å². The molecule has 36 heavy (non-hydrogen) atoms. The average Bonchev–Trinajstić information content (AvgIpc) is 3.61. The Bertz CT molecular complexity index is 1260. The average molecular weight is 488 g/mol. The van der Waals surface area contributed by atoms with Crippen LogP contribution >= 0.6 is 0 Å². The Morgan fingerprint density at radius 1 is 1.22 bits per heavy atom. The molecule has 7 heteroatoms. The lowest BCUT2D eigenvalue weighted by molar-refractivity contribution is -0.144. The molecule has 0 aliphatic heterocycles. The first-order valence-electron chi connectivity index (χ1n) is 12.1. The van der Waals surface area contributed by atoms with E-state index in [2.05, 4.69) is 22.2 Å². The summed E-state index contributed by atoms with van der Waals surface area (Å²) in [6, 6.07) is 14.5. The number of aromatic nitrogens is 1. The SMILES string of the molecule is C=CCCC1CC1OC(=O)Cc1cccc(-c2cc(C(=O)Nc3ccncc3F)ccc2CNC)c1. The molecule has 1 heterocycles. The molecule has 1 aromatic heterocycles. The van der Waals surface area contributed by atoms with E-state index in [0.29, 0.717) is 18.0 Å². The Morgan fingerprint density at radius 2 is 2.08 bits per heavy atom. The first-order valence-corrected chi connectivity index (χ1v) is 12.1. The van der Waals surface area contributed by atoms with Crippen LogP contribution in [0.2, 0.25) is 0 Å². The first kappa shape index (κ1) is 25.3. The third-order valence-corrected chi connectivity index (χ3v) is 6.23. The Balaban J connectivity index is 1.50. The molecule has 2 aromatic carbocycles. The van der Waals surface area contributed by atoms with Gasteiger partial charge in [0, 0.05) is 18.3 Å². The van der Waals surface area contributed by atoms with Gasteiger partial charge in [-0.25, -0.2) is 4.39 Å². The molecule has 1 saturated carbocycles. The fourth-order valence-corrected chi connectivity index (χ4v) is 4.23. The zero-order valence-corrected chi connectivity index (χ0v) is 20.3. The lowest BCUT2D eigenvalue weighted by atomic mass is 9.95. The number of hydrogen-bond donors (Lipinski definition) is 2. The summed E-state index contributed by atoms with van der Waals surface area (Å²) >= 11 is 0. The van der Waals surface area contributed by atoms with Crippen molar-refractivity contribution in [3.05, 3.63) is 96.1 Å². The van der Waals surface area contributed by atoms with Crippen molar-refractivity contribution in [2.45, 2.75) is 38.3 Å². The van der Waals surface area contributed by atoms with Crippen LogP contribution in [0.4, 0.5) is 10.1 Å².